The molecule has 316 valence electrons. The van der Waals surface area contributed by atoms with Crippen molar-refractivity contribution < 1.29 is 0 Å². The molecule has 0 N–H and O–H groups in total. The molecule has 11 aromatic rings. The van der Waals surface area contributed by atoms with E-state index in [0.717, 1.165) is 22.6 Å². The molecule has 11 aromatic carbocycles. The number of nitrogens with zero attached hydrogens (tertiary/aromatic N) is 1. The summed E-state index contributed by atoms with van der Waals surface area (Å²) in [6, 6.07) is 97.6. The maximum Gasteiger partial charge on any atom is 0.0467 e. The van der Waals surface area contributed by atoms with Crippen LogP contribution in [0.3, 0.4) is 0 Å². The average Bonchev–Trinajstić information content (AvgIpc) is 3.68. The molecule has 0 aromatic heterocycles. The van der Waals surface area contributed by atoms with Gasteiger partial charge >= 0.3 is 0 Å². The predicted octanol–water partition coefficient (Wildman–Crippen LogP) is 18.0. The van der Waals surface area contributed by atoms with Crippen LogP contribution in [0.4, 0.5) is 17.1 Å². The van der Waals surface area contributed by atoms with Gasteiger partial charge in [-0.2, -0.15) is 0 Å². The summed E-state index contributed by atoms with van der Waals surface area (Å²) in [6.07, 6.45) is 0. The lowest BCUT2D eigenvalue weighted by atomic mass is 9.74. The fourth-order valence-electron chi connectivity index (χ4n) is 10.6. The van der Waals surface area contributed by atoms with E-state index in [1.54, 1.807) is 0 Å². The Morgan fingerprint density at radius 1 is 0.284 bits per heavy atom. The van der Waals surface area contributed by atoms with E-state index in [4.69, 9.17) is 0 Å². The van der Waals surface area contributed by atoms with Gasteiger partial charge in [0.15, 0.2) is 0 Å². The Kier molecular flexibility index (Phi) is 10.0. The van der Waals surface area contributed by atoms with E-state index in [9.17, 15) is 0 Å². The number of hydrogen-bond acceptors (Lipinski definition) is 1. The Morgan fingerprint density at radius 3 is 1.46 bits per heavy atom. The zero-order valence-corrected chi connectivity index (χ0v) is 37.4. The van der Waals surface area contributed by atoms with Crippen LogP contribution in [0.1, 0.15) is 23.6 Å². The van der Waals surface area contributed by atoms with Gasteiger partial charge < -0.3 is 4.90 Å². The van der Waals surface area contributed by atoms with Crippen LogP contribution >= 0.6 is 0 Å². The van der Waals surface area contributed by atoms with E-state index < -0.39 is 0 Å². The van der Waals surface area contributed by atoms with Crippen molar-refractivity contribution >= 4 is 27.8 Å². The summed E-state index contributed by atoms with van der Waals surface area (Å²) in [5.41, 5.74) is 21.7. The van der Waals surface area contributed by atoms with Crippen molar-refractivity contribution in [2.45, 2.75) is 12.3 Å². The van der Waals surface area contributed by atoms with Gasteiger partial charge in [-0.25, -0.2) is 0 Å². The summed E-state index contributed by atoms with van der Waals surface area (Å²) in [4.78, 5) is 2.39. The minimum atomic E-state index is -0.254. The number of anilines is 3. The van der Waals surface area contributed by atoms with Gasteiger partial charge in [-0.3, -0.25) is 0 Å². The van der Waals surface area contributed by atoms with Crippen molar-refractivity contribution in [3.05, 3.63) is 284 Å². The first-order valence-corrected chi connectivity index (χ1v) is 23.2. The molecular formula is C66H47N. The first-order valence-electron chi connectivity index (χ1n) is 23.2. The second kappa shape index (κ2) is 16.8. The number of rotatable bonds is 9. The minimum absolute atomic E-state index is 0.254. The van der Waals surface area contributed by atoms with Crippen LogP contribution in [0, 0.1) is 0 Å². The standard InChI is InChI=1S/C66H47N/c1-66(55-23-6-3-7-24-55)63-30-11-10-27-62(63)65-61(29-15-31-64(65)66)51-38-42-57(43-39-51)67(56-40-36-48(37-41-56)53-21-12-20-52(44-53)46-16-4-2-5-17-46)58-25-13-22-54(45-58)47-32-34-50(35-33-47)60-28-14-19-49-18-8-9-26-59(49)60/h2-45H,1H3. The van der Waals surface area contributed by atoms with Gasteiger partial charge in [0.25, 0.3) is 0 Å². The topological polar surface area (TPSA) is 3.24 Å². The zero-order valence-electron chi connectivity index (χ0n) is 37.4. The molecule has 1 unspecified atom stereocenters. The summed E-state index contributed by atoms with van der Waals surface area (Å²) in [5, 5.41) is 2.52. The van der Waals surface area contributed by atoms with Crippen molar-refractivity contribution in [3.63, 3.8) is 0 Å². The Balaban J connectivity index is 0.932. The van der Waals surface area contributed by atoms with Crippen molar-refractivity contribution in [1.82, 2.24) is 0 Å². The van der Waals surface area contributed by atoms with Gasteiger partial charge in [0.2, 0.25) is 0 Å². The Morgan fingerprint density at radius 2 is 0.731 bits per heavy atom. The number of benzene rings is 11. The first-order chi connectivity index (χ1) is 33.1. The van der Waals surface area contributed by atoms with E-state index in [2.05, 4.69) is 279 Å². The van der Waals surface area contributed by atoms with Crippen molar-refractivity contribution in [3.8, 4) is 66.8 Å². The highest BCUT2D eigenvalue weighted by Gasteiger charge is 2.41. The summed E-state index contributed by atoms with van der Waals surface area (Å²) in [6.45, 7) is 2.39. The lowest BCUT2D eigenvalue weighted by molar-refractivity contribution is 0.714. The number of hydrogen-bond donors (Lipinski definition) is 0. The largest absolute Gasteiger partial charge is 0.310 e. The molecule has 1 heteroatoms. The second-order valence-corrected chi connectivity index (χ2v) is 17.8. The Bertz CT molecular complexity index is 3550. The van der Waals surface area contributed by atoms with Crippen LogP contribution < -0.4 is 4.90 Å². The molecule has 1 nitrogen and oxygen atoms in total. The molecule has 1 aliphatic carbocycles. The molecular weight excluding hydrogens is 807 g/mol. The third-order valence-electron chi connectivity index (χ3n) is 14.0. The lowest BCUT2D eigenvalue weighted by Crippen LogP contribution is -2.22. The predicted molar refractivity (Wildman–Crippen MR) is 283 cm³/mol. The van der Waals surface area contributed by atoms with Gasteiger partial charge in [0.05, 0.1) is 0 Å². The molecule has 0 spiro atoms. The summed E-state index contributed by atoms with van der Waals surface area (Å²) >= 11 is 0. The van der Waals surface area contributed by atoms with E-state index in [1.807, 2.05) is 0 Å². The van der Waals surface area contributed by atoms with Crippen LogP contribution in [-0.4, -0.2) is 0 Å². The molecule has 67 heavy (non-hydrogen) atoms. The van der Waals surface area contributed by atoms with Crippen LogP contribution in [0.25, 0.3) is 77.5 Å². The highest BCUT2D eigenvalue weighted by atomic mass is 15.1. The smallest absolute Gasteiger partial charge is 0.0467 e. The quantitative estimate of drug-likeness (QED) is 0.140. The van der Waals surface area contributed by atoms with Crippen LogP contribution in [0.15, 0.2) is 267 Å². The minimum Gasteiger partial charge on any atom is -0.310 e. The van der Waals surface area contributed by atoms with E-state index in [-0.39, 0.29) is 5.41 Å². The molecule has 12 rings (SSSR count). The zero-order chi connectivity index (χ0) is 44.7. The summed E-state index contributed by atoms with van der Waals surface area (Å²) in [7, 11) is 0. The molecule has 0 saturated heterocycles. The maximum absolute atomic E-state index is 2.39. The van der Waals surface area contributed by atoms with Gasteiger partial charge in [-0.15, -0.1) is 0 Å². The van der Waals surface area contributed by atoms with E-state index in [1.165, 1.54) is 88.7 Å². The van der Waals surface area contributed by atoms with Crippen LogP contribution in [-0.2, 0) is 5.41 Å². The van der Waals surface area contributed by atoms with Crippen molar-refractivity contribution in [2.24, 2.45) is 0 Å². The normalized spacial score (nSPS) is 13.8. The maximum atomic E-state index is 2.39. The SMILES string of the molecule is CC1(c2ccccc2)c2ccccc2-c2c(-c3ccc(N(c4ccc(-c5cccc(-c6ccccc6)c5)cc4)c4cccc(-c5ccc(-c6cccc7ccccc67)cc5)c4)cc3)cccc21. The Hall–Kier alpha value is -8.52. The lowest BCUT2D eigenvalue weighted by Gasteiger charge is -2.28. The van der Waals surface area contributed by atoms with Gasteiger partial charge in [0, 0.05) is 22.5 Å². The highest BCUT2D eigenvalue weighted by Crippen LogP contribution is 2.55. The second-order valence-electron chi connectivity index (χ2n) is 17.8. The highest BCUT2D eigenvalue weighted by molar-refractivity contribution is 5.97. The third-order valence-corrected chi connectivity index (χ3v) is 14.0. The molecule has 0 amide bonds. The molecule has 0 aliphatic heterocycles. The molecule has 0 heterocycles. The molecule has 1 aliphatic rings. The third kappa shape index (κ3) is 7.13. The monoisotopic (exact) mass is 853 g/mol. The first kappa shape index (κ1) is 40.0. The summed E-state index contributed by atoms with van der Waals surface area (Å²) < 4.78 is 0. The number of fused-ring (bicyclic) bond motifs is 4. The fourth-order valence-corrected chi connectivity index (χ4v) is 10.6. The van der Waals surface area contributed by atoms with Crippen LogP contribution in [0.2, 0.25) is 0 Å². The van der Waals surface area contributed by atoms with Gasteiger partial charge in [0.1, 0.15) is 0 Å². The van der Waals surface area contributed by atoms with Gasteiger partial charge in [-0.05, 0) is 144 Å². The summed E-state index contributed by atoms with van der Waals surface area (Å²) in [5.74, 6) is 0. The molecule has 0 fully saturated rings. The molecule has 0 radical (unpaired) electrons. The molecule has 0 saturated carbocycles. The van der Waals surface area contributed by atoms with E-state index in [0.29, 0.717) is 0 Å². The fraction of sp³-hybridized carbons (Fsp3) is 0.0303. The van der Waals surface area contributed by atoms with Crippen molar-refractivity contribution in [1.29, 1.82) is 0 Å². The van der Waals surface area contributed by atoms with E-state index >= 15 is 0 Å². The van der Waals surface area contributed by atoms with Crippen LogP contribution in [0.5, 0.6) is 0 Å². The molecule has 1 atom stereocenters. The Labute approximate surface area is 393 Å². The average molecular weight is 854 g/mol. The molecule has 0 bridgehead atoms. The van der Waals surface area contributed by atoms with Crippen molar-refractivity contribution in [2.75, 3.05) is 4.90 Å². The van der Waals surface area contributed by atoms with Gasteiger partial charge in [-0.1, -0.05) is 224 Å².